The molecule has 7 heteroatoms. The third-order valence-corrected chi connectivity index (χ3v) is 4.88. The second-order valence-corrected chi connectivity index (χ2v) is 7.09. The molecule has 0 aliphatic rings. The van der Waals surface area contributed by atoms with Gasteiger partial charge in [-0.15, -0.1) is 0 Å². The summed E-state index contributed by atoms with van der Waals surface area (Å²) in [5.74, 6) is -0.0275. The highest BCUT2D eigenvalue weighted by atomic mass is 32.2. The van der Waals surface area contributed by atoms with Gasteiger partial charge in [0.2, 0.25) is 15.9 Å². The van der Waals surface area contributed by atoms with E-state index in [9.17, 15) is 13.2 Å². The molecule has 0 saturated heterocycles. The molecule has 112 valence electrons. The molecule has 0 aromatic carbocycles. The maximum absolute atomic E-state index is 12.2. The number of sulfonamides is 1. The van der Waals surface area contributed by atoms with E-state index in [-0.39, 0.29) is 23.4 Å². The number of rotatable bonds is 6. The lowest BCUT2D eigenvalue weighted by molar-refractivity contribution is -0.122. The van der Waals surface area contributed by atoms with Gasteiger partial charge in [-0.2, -0.15) is 4.31 Å². The van der Waals surface area contributed by atoms with Gasteiger partial charge >= 0.3 is 0 Å². The molecule has 1 heterocycles. The van der Waals surface area contributed by atoms with Gasteiger partial charge in [-0.05, 0) is 25.0 Å². The predicted molar refractivity (Wildman–Crippen MR) is 76.5 cm³/mol. The number of aromatic nitrogens is 1. The third-order valence-electron chi connectivity index (χ3n) is 3.10. The Morgan fingerprint density at radius 2 is 2.05 bits per heavy atom. The van der Waals surface area contributed by atoms with Crippen molar-refractivity contribution in [3.63, 3.8) is 0 Å². The summed E-state index contributed by atoms with van der Waals surface area (Å²) < 4.78 is 25.4. The van der Waals surface area contributed by atoms with Gasteiger partial charge < -0.3 is 5.32 Å². The Morgan fingerprint density at radius 1 is 1.40 bits per heavy atom. The van der Waals surface area contributed by atoms with Crippen molar-refractivity contribution in [3.05, 3.63) is 24.5 Å². The zero-order valence-corrected chi connectivity index (χ0v) is 13.0. The number of hydrogen-bond acceptors (Lipinski definition) is 4. The van der Waals surface area contributed by atoms with Crippen LogP contribution < -0.4 is 5.32 Å². The lowest BCUT2D eigenvalue weighted by Crippen LogP contribution is -2.43. The maximum atomic E-state index is 12.2. The van der Waals surface area contributed by atoms with Crippen LogP contribution in [0.3, 0.4) is 0 Å². The summed E-state index contributed by atoms with van der Waals surface area (Å²) in [7, 11) is -2.30. The molecule has 0 aliphatic heterocycles. The standard InChI is InChI=1S/C13H21N3O3S/c1-10(2)11(3)15-13(17)9-16(4)20(18,19)12-6-5-7-14-8-12/h5-8,10-11H,9H2,1-4H3,(H,15,17). The quantitative estimate of drug-likeness (QED) is 0.845. The molecule has 0 fully saturated rings. The molecule has 0 spiro atoms. The maximum Gasteiger partial charge on any atom is 0.244 e. The van der Waals surface area contributed by atoms with Crippen LogP contribution in [0.15, 0.2) is 29.4 Å². The van der Waals surface area contributed by atoms with Crippen molar-refractivity contribution < 1.29 is 13.2 Å². The molecule has 20 heavy (non-hydrogen) atoms. The van der Waals surface area contributed by atoms with E-state index in [1.54, 1.807) is 6.07 Å². The van der Waals surface area contributed by atoms with Crippen LogP contribution in [0.2, 0.25) is 0 Å². The average Bonchev–Trinajstić information content (AvgIpc) is 2.39. The van der Waals surface area contributed by atoms with Crippen molar-refractivity contribution in [2.45, 2.75) is 31.7 Å². The summed E-state index contributed by atoms with van der Waals surface area (Å²) in [6.45, 7) is 5.65. The highest BCUT2D eigenvalue weighted by Gasteiger charge is 2.23. The Hall–Kier alpha value is -1.47. The molecule has 0 bridgehead atoms. The molecule has 0 aliphatic carbocycles. The van der Waals surface area contributed by atoms with E-state index in [4.69, 9.17) is 0 Å². The number of likely N-dealkylation sites (N-methyl/N-ethyl adjacent to an activating group) is 1. The minimum absolute atomic E-state index is 0.00278. The van der Waals surface area contributed by atoms with Gasteiger partial charge in [-0.1, -0.05) is 13.8 Å². The summed E-state index contributed by atoms with van der Waals surface area (Å²) in [4.78, 5) is 15.7. The molecule has 0 radical (unpaired) electrons. The van der Waals surface area contributed by atoms with Crippen molar-refractivity contribution >= 4 is 15.9 Å². The largest absolute Gasteiger partial charge is 0.352 e. The minimum atomic E-state index is -3.68. The van der Waals surface area contributed by atoms with Crippen LogP contribution in [0.1, 0.15) is 20.8 Å². The Balaban J connectivity index is 2.71. The number of carbonyl (C=O) groups excluding carboxylic acids is 1. The summed E-state index contributed by atoms with van der Waals surface area (Å²) in [5, 5.41) is 2.77. The van der Waals surface area contributed by atoms with Crippen molar-refractivity contribution in [1.82, 2.24) is 14.6 Å². The van der Waals surface area contributed by atoms with Crippen LogP contribution in [-0.2, 0) is 14.8 Å². The Kier molecular flexibility index (Phi) is 5.64. The monoisotopic (exact) mass is 299 g/mol. The normalized spacial score (nSPS) is 13.5. The molecule has 6 nitrogen and oxygen atoms in total. The van der Waals surface area contributed by atoms with Gasteiger partial charge in [0.25, 0.3) is 0 Å². The molecular formula is C13H21N3O3S. The number of hydrogen-bond donors (Lipinski definition) is 1. The average molecular weight is 299 g/mol. The van der Waals surface area contributed by atoms with Crippen LogP contribution in [0.4, 0.5) is 0 Å². The van der Waals surface area contributed by atoms with Gasteiger partial charge in [0.05, 0.1) is 6.54 Å². The number of carbonyl (C=O) groups is 1. The second-order valence-electron chi connectivity index (χ2n) is 5.05. The van der Waals surface area contributed by atoms with E-state index in [2.05, 4.69) is 10.3 Å². The second kappa shape index (κ2) is 6.81. The molecule has 1 unspecified atom stereocenters. The predicted octanol–water partition coefficient (Wildman–Crippen LogP) is 0.863. The van der Waals surface area contributed by atoms with E-state index in [1.165, 1.54) is 25.5 Å². The lowest BCUT2D eigenvalue weighted by Gasteiger charge is -2.20. The molecule has 1 amide bonds. The fourth-order valence-electron chi connectivity index (χ4n) is 1.43. The third kappa shape index (κ3) is 4.28. The van der Waals surface area contributed by atoms with Gasteiger partial charge in [0.15, 0.2) is 0 Å². The van der Waals surface area contributed by atoms with Gasteiger partial charge in [0.1, 0.15) is 4.90 Å². The Labute approximate surface area is 120 Å². The zero-order valence-electron chi connectivity index (χ0n) is 12.2. The van der Waals surface area contributed by atoms with Crippen LogP contribution in [0.25, 0.3) is 0 Å². The summed E-state index contributed by atoms with van der Waals surface area (Å²) in [6, 6.07) is 2.99. The van der Waals surface area contributed by atoms with E-state index >= 15 is 0 Å². The molecular weight excluding hydrogens is 278 g/mol. The van der Waals surface area contributed by atoms with Crippen LogP contribution in [-0.4, -0.2) is 43.2 Å². The first-order valence-electron chi connectivity index (χ1n) is 6.41. The smallest absolute Gasteiger partial charge is 0.244 e. The highest BCUT2D eigenvalue weighted by molar-refractivity contribution is 7.89. The summed E-state index contributed by atoms with van der Waals surface area (Å²) >= 11 is 0. The van der Waals surface area contributed by atoms with E-state index in [0.717, 1.165) is 4.31 Å². The lowest BCUT2D eigenvalue weighted by atomic mass is 10.1. The summed E-state index contributed by atoms with van der Waals surface area (Å²) in [5.41, 5.74) is 0. The first-order valence-corrected chi connectivity index (χ1v) is 7.85. The van der Waals surface area contributed by atoms with Crippen LogP contribution >= 0.6 is 0 Å². The van der Waals surface area contributed by atoms with E-state index < -0.39 is 10.0 Å². The summed E-state index contributed by atoms with van der Waals surface area (Å²) in [6.07, 6.45) is 2.76. The SMILES string of the molecule is CC(C)C(C)NC(=O)CN(C)S(=O)(=O)c1cccnc1. The number of nitrogens with zero attached hydrogens (tertiary/aromatic N) is 2. The van der Waals surface area contributed by atoms with Crippen LogP contribution in [0.5, 0.6) is 0 Å². The van der Waals surface area contributed by atoms with Gasteiger partial charge in [-0.25, -0.2) is 8.42 Å². The Bertz CT molecular complexity index is 543. The van der Waals surface area contributed by atoms with Crippen LogP contribution in [0, 0.1) is 5.92 Å². The van der Waals surface area contributed by atoms with Crippen molar-refractivity contribution in [2.24, 2.45) is 5.92 Å². The molecule has 1 N–H and O–H groups in total. The molecule has 1 atom stereocenters. The van der Waals surface area contributed by atoms with Gasteiger partial charge in [0, 0.05) is 25.5 Å². The molecule has 1 rings (SSSR count). The van der Waals surface area contributed by atoms with Crippen molar-refractivity contribution in [2.75, 3.05) is 13.6 Å². The zero-order chi connectivity index (χ0) is 15.3. The molecule has 1 aromatic heterocycles. The van der Waals surface area contributed by atoms with Crippen molar-refractivity contribution in [1.29, 1.82) is 0 Å². The van der Waals surface area contributed by atoms with Gasteiger partial charge in [-0.3, -0.25) is 9.78 Å². The fourth-order valence-corrected chi connectivity index (χ4v) is 2.52. The van der Waals surface area contributed by atoms with E-state index in [1.807, 2.05) is 20.8 Å². The minimum Gasteiger partial charge on any atom is -0.352 e. The first-order chi connectivity index (χ1) is 9.25. The topological polar surface area (TPSA) is 79.4 Å². The first kappa shape index (κ1) is 16.6. The Morgan fingerprint density at radius 3 is 2.55 bits per heavy atom. The fraction of sp³-hybridized carbons (Fsp3) is 0.538. The molecule has 1 aromatic rings. The van der Waals surface area contributed by atoms with E-state index in [0.29, 0.717) is 5.92 Å². The highest BCUT2D eigenvalue weighted by Crippen LogP contribution is 2.11. The number of pyridine rings is 1. The number of amides is 1. The van der Waals surface area contributed by atoms with Crippen molar-refractivity contribution in [3.8, 4) is 0 Å². The molecule has 0 saturated carbocycles. The number of nitrogens with one attached hydrogen (secondary N) is 1.